The Bertz CT molecular complexity index is 386. The number of carbonyl (C=O) groups is 1. The highest BCUT2D eigenvalue weighted by atomic mass is 16.6. The maximum atomic E-state index is 11.7. The summed E-state index contributed by atoms with van der Waals surface area (Å²) in [6.07, 6.45) is 4.54. The summed E-state index contributed by atoms with van der Waals surface area (Å²) in [7, 11) is 0. The molecule has 0 amide bonds. The predicted octanol–water partition coefficient (Wildman–Crippen LogP) is 2.63. The molecule has 0 aliphatic heterocycles. The first kappa shape index (κ1) is 13.4. The van der Waals surface area contributed by atoms with E-state index in [0.717, 1.165) is 0 Å². The van der Waals surface area contributed by atoms with Crippen LogP contribution >= 0.6 is 0 Å². The van der Waals surface area contributed by atoms with Crippen molar-refractivity contribution in [3.05, 3.63) is 35.3 Å². The molecule has 0 spiro atoms. The van der Waals surface area contributed by atoms with Crippen molar-refractivity contribution >= 4 is 5.97 Å². The summed E-state index contributed by atoms with van der Waals surface area (Å²) in [5.41, 5.74) is 0.682. The van der Waals surface area contributed by atoms with Gasteiger partial charge < -0.3 is 14.6 Å². The number of allylic oxidation sites excluding steroid dienone is 3. The van der Waals surface area contributed by atoms with Crippen LogP contribution < -0.4 is 0 Å². The van der Waals surface area contributed by atoms with Gasteiger partial charge in [0.15, 0.2) is 0 Å². The zero-order valence-electron chi connectivity index (χ0n) is 10.6. The van der Waals surface area contributed by atoms with Gasteiger partial charge >= 0.3 is 5.97 Å². The minimum absolute atomic E-state index is 0.154. The van der Waals surface area contributed by atoms with Crippen molar-refractivity contribution in [2.24, 2.45) is 0 Å². The summed E-state index contributed by atoms with van der Waals surface area (Å²) in [5.74, 6) is -0.709. The number of aliphatic hydroxyl groups is 1. The van der Waals surface area contributed by atoms with Gasteiger partial charge in [-0.25, -0.2) is 4.79 Å². The third-order valence-electron chi connectivity index (χ3n) is 1.96. The monoisotopic (exact) mass is 238 g/mol. The van der Waals surface area contributed by atoms with Crippen molar-refractivity contribution in [1.29, 1.82) is 0 Å². The van der Waals surface area contributed by atoms with E-state index in [-0.39, 0.29) is 18.2 Å². The van der Waals surface area contributed by atoms with Gasteiger partial charge in [-0.15, -0.1) is 0 Å². The molecule has 0 aromatic heterocycles. The van der Waals surface area contributed by atoms with E-state index in [9.17, 15) is 9.90 Å². The predicted molar refractivity (Wildman–Crippen MR) is 64.3 cm³/mol. The number of rotatable bonds is 4. The zero-order chi connectivity index (χ0) is 13.0. The molecule has 4 heteroatoms. The smallest absolute Gasteiger partial charge is 0.339 e. The third kappa shape index (κ3) is 3.66. The minimum Gasteiger partial charge on any atom is -0.481 e. The first-order valence-electron chi connectivity index (χ1n) is 5.61. The van der Waals surface area contributed by atoms with Gasteiger partial charge in [0, 0.05) is 0 Å². The molecule has 1 aliphatic carbocycles. The molecule has 94 valence electrons. The second kappa shape index (κ2) is 5.57. The van der Waals surface area contributed by atoms with Gasteiger partial charge in [-0.05, 0) is 39.8 Å². The van der Waals surface area contributed by atoms with Crippen LogP contribution in [-0.2, 0) is 14.3 Å². The first-order valence-corrected chi connectivity index (χ1v) is 5.61. The summed E-state index contributed by atoms with van der Waals surface area (Å²) in [5, 5.41) is 9.73. The number of aliphatic hydroxyl groups excluding tert-OH is 1. The lowest BCUT2D eigenvalue weighted by molar-refractivity contribution is -0.142. The van der Waals surface area contributed by atoms with E-state index >= 15 is 0 Å². The van der Waals surface area contributed by atoms with Gasteiger partial charge in [-0.1, -0.05) is 6.08 Å². The van der Waals surface area contributed by atoms with Crippen LogP contribution in [0.2, 0.25) is 0 Å². The Morgan fingerprint density at radius 3 is 2.29 bits per heavy atom. The van der Waals surface area contributed by atoms with E-state index in [1.54, 1.807) is 45.9 Å². The normalized spacial score (nSPS) is 17.4. The van der Waals surface area contributed by atoms with Crippen LogP contribution in [0.5, 0.6) is 0 Å². The van der Waals surface area contributed by atoms with Crippen LogP contribution in [-0.4, -0.2) is 23.3 Å². The van der Waals surface area contributed by atoms with Crippen LogP contribution in [0.4, 0.5) is 0 Å². The molecule has 0 saturated heterocycles. The second-order valence-corrected chi connectivity index (χ2v) is 4.28. The highest BCUT2D eigenvalue weighted by Gasteiger charge is 2.22. The van der Waals surface area contributed by atoms with E-state index in [2.05, 4.69) is 0 Å². The summed E-state index contributed by atoms with van der Waals surface area (Å²) >= 11 is 0. The van der Waals surface area contributed by atoms with E-state index < -0.39 is 5.97 Å². The molecule has 0 bridgehead atoms. The van der Waals surface area contributed by atoms with Crippen molar-refractivity contribution in [2.45, 2.75) is 39.9 Å². The Kier molecular flexibility index (Phi) is 4.37. The minimum atomic E-state index is -0.459. The maximum Gasteiger partial charge on any atom is 0.339 e. The molecule has 0 aromatic carbocycles. The lowest BCUT2D eigenvalue weighted by Gasteiger charge is -2.13. The number of ether oxygens (including phenoxy) is 2. The average molecular weight is 238 g/mol. The fourth-order valence-electron chi connectivity index (χ4n) is 1.35. The average Bonchev–Trinajstić information content (AvgIpc) is 2.63. The Morgan fingerprint density at radius 2 is 1.76 bits per heavy atom. The van der Waals surface area contributed by atoms with Gasteiger partial charge in [0.05, 0.1) is 23.4 Å². The van der Waals surface area contributed by atoms with Crippen molar-refractivity contribution < 1.29 is 19.4 Å². The highest BCUT2D eigenvalue weighted by Crippen LogP contribution is 2.24. The number of esters is 1. The Labute approximate surface area is 101 Å². The highest BCUT2D eigenvalue weighted by molar-refractivity contribution is 5.96. The van der Waals surface area contributed by atoms with E-state index in [1.165, 1.54) is 0 Å². The van der Waals surface area contributed by atoms with E-state index in [1.807, 2.05) is 0 Å². The molecule has 4 nitrogen and oxygen atoms in total. The molecule has 1 rings (SSSR count). The van der Waals surface area contributed by atoms with Crippen LogP contribution in [0.25, 0.3) is 0 Å². The molecule has 0 saturated carbocycles. The molecule has 0 atom stereocenters. The lowest BCUT2D eigenvalue weighted by atomic mass is 10.1. The molecule has 0 radical (unpaired) electrons. The SMILES string of the molecule is CC(C)OC(=O)C1=CC=CC1=C(O)OC(C)C. The van der Waals surface area contributed by atoms with E-state index in [4.69, 9.17) is 9.47 Å². The van der Waals surface area contributed by atoms with Crippen molar-refractivity contribution in [2.75, 3.05) is 0 Å². The molecular formula is C13H18O4. The molecule has 0 fully saturated rings. The van der Waals surface area contributed by atoms with Gasteiger partial charge in [0.25, 0.3) is 5.95 Å². The van der Waals surface area contributed by atoms with Crippen molar-refractivity contribution in [3.8, 4) is 0 Å². The molecule has 1 N–H and O–H groups in total. The molecule has 17 heavy (non-hydrogen) atoms. The standard InChI is InChI=1S/C13H18O4/c1-8(2)16-12(14)10-6-5-7-11(10)13(15)17-9(3)4/h5-9,14H,1-4H3. The Balaban J connectivity index is 2.85. The third-order valence-corrected chi connectivity index (χ3v) is 1.96. The number of hydrogen-bond donors (Lipinski definition) is 1. The van der Waals surface area contributed by atoms with Crippen LogP contribution in [0.15, 0.2) is 35.3 Å². The Hall–Kier alpha value is -1.71. The lowest BCUT2D eigenvalue weighted by Crippen LogP contribution is -2.15. The van der Waals surface area contributed by atoms with Gasteiger partial charge in [-0.2, -0.15) is 0 Å². The van der Waals surface area contributed by atoms with Crippen LogP contribution in [0.3, 0.4) is 0 Å². The van der Waals surface area contributed by atoms with Crippen LogP contribution in [0, 0.1) is 0 Å². The first-order chi connectivity index (χ1) is 7.91. The number of hydrogen-bond acceptors (Lipinski definition) is 4. The summed E-state index contributed by atoms with van der Waals surface area (Å²) in [6.45, 7) is 7.14. The molecule has 0 aromatic rings. The van der Waals surface area contributed by atoms with Crippen molar-refractivity contribution in [1.82, 2.24) is 0 Å². The molecule has 0 unspecified atom stereocenters. The zero-order valence-corrected chi connectivity index (χ0v) is 10.6. The van der Waals surface area contributed by atoms with E-state index in [0.29, 0.717) is 11.1 Å². The molecular weight excluding hydrogens is 220 g/mol. The van der Waals surface area contributed by atoms with Gasteiger partial charge in [0.2, 0.25) is 0 Å². The maximum absolute atomic E-state index is 11.7. The van der Waals surface area contributed by atoms with Crippen molar-refractivity contribution in [3.63, 3.8) is 0 Å². The molecule has 0 heterocycles. The fraction of sp³-hybridized carbons (Fsp3) is 0.462. The summed E-state index contributed by atoms with van der Waals surface area (Å²) in [4.78, 5) is 11.7. The van der Waals surface area contributed by atoms with Gasteiger partial charge in [-0.3, -0.25) is 0 Å². The van der Waals surface area contributed by atoms with Gasteiger partial charge in [0.1, 0.15) is 0 Å². The summed E-state index contributed by atoms with van der Waals surface area (Å²) < 4.78 is 10.2. The Morgan fingerprint density at radius 1 is 1.18 bits per heavy atom. The van der Waals surface area contributed by atoms with Crippen LogP contribution in [0.1, 0.15) is 27.7 Å². The topological polar surface area (TPSA) is 55.8 Å². The second-order valence-electron chi connectivity index (χ2n) is 4.28. The molecule has 1 aliphatic rings. The largest absolute Gasteiger partial charge is 0.481 e. The fourth-order valence-corrected chi connectivity index (χ4v) is 1.35. The quantitative estimate of drug-likeness (QED) is 0.604. The number of carbonyl (C=O) groups excluding carboxylic acids is 1. The summed E-state index contributed by atoms with van der Waals surface area (Å²) in [6, 6.07) is 0.